The molecular weight excluding hydrogens is 514 g/mol. The van der Waals surface area contributed by atoms with E-state index in [9.17, 15) is 8.42 Å². The van der Waals surface area contributed by atoms with Crippen LogP contribution in [0.4, 0.5) is 5.69 Å². The van der Waals surface area contributed by atoms with Gasteiger partial charge in [-0.3, -0.25) is 0 Å². The third kappa shape index (κ3) is 5.54. The molecule has 1 atom stereocenters. The van der Waals surface area contributed by atoms with Gasteiger partial charge in [-0.1, -0.05) is 6.07 Å². The highest BCUT2D eigenvalue weighted by Crippen LogP contribution is 2.41. The second-order valence-electron chi connectivity index (χ2n) is 8.91. The normalized spacial score (nSPS) is 16.4. The molecule has 1 aromatic heterocycles. The van der Waals surface area contributed by atoms with Crippen LogP contribution < -0.4 is 19.0 Å². The van der Waals surface area contributed by atoms with Crippen molar-refractivity contribution in [1.29, 1.82) is 0 Å². The Morgan fingerprint density at radius 3 is 2.38 bits per heavy atom. The first-order valence-electron chi connectivity index (χ1n) is 11.9. The van der Waals surface area contributed by atoms with E-state index in [-0.39, 0.29) is 11.0 Å². The lowest BCUT2D eigenvalue weighted by Gasteiger charge is -2.17. The number of sulfonamides is 1. The van der Waals surface area contributed by atoms with E-state index in [1.54, 1.807) is 39.5 Å². The molecule has 9 nitrogen and oxygen atoms in total. The van der Waals surface area contributed by atoms with Crippen molar-refractivity contribution in [2.24, 2.45) is 4.99 Å². The van der Waals surface area contributed by atoms with Crippen LogP contribution >= 0.6 is 11.3 Å². The van der Waals surface area contributed by atoms with Gasteiger partial charge in [0, 0.05) is 31.6 Å². The van der Waals surface area contributed by atoms with Gasteiger partial charge in [-0.25, -0.2) is 17.7 Å². The van der Waals surface area contributed by atoms with Crippen molar-refractivity contribution in [2.45, 2.75) is 37.3 Å². The van der Waals surface area contributed by atoms with Gasteiger partial charge in [0.2, 0.25) is 15.8 Å². The van der Waals surface area contributed by atoms with Gasteiger partial charge in [-0.2, -0.15) is 0 Å². The molecule has 1 aliphatic heterocycles. The highest BCUT2D eigenvalue weighted by molar-refractivity contribution is 7.89. The first-order chi connectivity index (χ1) is 17.7. The summed E-state index contributed by atoms with van der Waals surface area (Å²) in [5.41, 5.74) is 3.28. The first-order valence-corrected chi connectivity index (χ1v) is 14.2. The van der Waals surface area contributed by atoms with Crippen LogP contribution in [0.15, 0.2) is 45.6 Å². The molecular formula is C26H33N3O6S2. The van der Waals surface area contributed by atoms with E-state index in [1.165, 1.54) is 29.7 Å². The summed E-state index contributed by atoms with van der Waals surface area (Å²) < 4.78 is 51.4. The Hall–Kier alpha value is -2.86. The Balaban J connectivity index is 1.89. The molecule has 200 valence electrons. The average Bonchev–Trinajstić information content (AvgIpc) is 3.54. The molecule has 1 aliphatic rings. The molecule has 0 unspecified atom stereocenters. The molecule has 0 radical (unpaired) electrons. The van der Waals surface area contributed by atoms with Crippen molar-refractivity contribution < 1.29 is 27.4 Å². The van der Waals surface area contributed by atoms with Crippen LogP contribution in [-0.2, 0) is 21.3 Å². The highest BCUT2D eigenvalue weighted by atomic mass is 32.2. The molecule has 2 aromatic carbocycles. The maximum atomic E-state index is 12.7. The van der Waals surface area contributed by atoms with E-state index in [4.69, 9.17) is 23.9 Å². The van der Waals surface area contributed by atoms with Crippen molar-refractivity contribution in [3.63, 3.8) is 0 Å². The van der Waals surface area contributed by atoms with E-state index in [0.717, 1.165) is 41.1 Å². The second kappa shape index (κ2) is 11.3. The molecule has 0 bridgehead atoms. The van der Waals surface area contributed by atoms with Crippen LogP contribution in [0.5, 0.6) is 17.2 Å². The quantitative estimate of drug-likeness (QED) is 0.399. The number of nitrogens with zero attached hydrogens (tertiary/aromatic N) is 3. The van der Waals surface area contributed by atoms with Crippen molar-refractivity contribution in [3.05, 3.63) is 46.1 Å². The Labute approximate surface area is 221 Å². The predicted molar refractivity (Wildman–Crippen MR) is 144 cm³/mol. The lowest BCUT2D eigenvalue weighted by atomic mass is 10.1. The maximum Gasteiger partial charge on any atom is 0.242 e. The number of thiazole rings is 1. The Morgan fingerprint density at radius 1 is 1.11 bits per heavy atom. The predicted octanol–water partition coefficient (Wildman–Crippen LogP) is 4.21. The lowest BCUT2D eigenvalue weighted by Crippen LogP contribution is -2.24. The molecule has 0 aliphatic carbocycles. The summed E-state index contributed by atoms with van der Waals surface area (Å²) in [4.78, 5) is 5.88. The third-order valence-corrected chi connectivity index (χ3v) is 9.02. The van der Waals surface area contributed by atoms with E-state index < -0.39 is 10.0 Å². The van der Waals surface area contributed by atoms with Crippen molar-refractivity contribution in [3.8, 4) is 28.5 Å². The van der Waals surface area contributed by atoms with Crippen LogP contribution in [0.3, 0.4) is 0 Å². The molecule has 0 saturated carbocycles. The number of methoxy groups -OCH3 is 3. The van der Waals surface area contributed by atoms with E-state index in [1.807, 2.05) is 24.4 Å². The van der Waals surface area contributed by atoms with Gasteiger partial charge in [0.25, 0.3) is 0 Å². The number of rotatable bonds is 9. The summed E-state index contributed by atoms with van der Waals surface area (Å²) >= 11 is 1.48. The van der Waals surface area contributed by atoms with Crippen LogP contribution in [0.25, 0.3) is 11.3 Å². The number of hydrogen-bond acceptors (Lipinski definition) is 8. The number of aryl methyl sites for hydroxylation is 1. The Morgan fingerprint density at radius 2 is 1.81 bits per heavy atom. The Kier molecular flexibility index (Phi) is 8.27. The fraction of sp³-hybridized carbons (Fsp3) is 0.423. The van der Waals surface area contributed by atoms with Crippen molar-refractivity contribution in [2.75, 3.05) is 42.0 Å². The molecule has 37 heavy (non-hydrogen) atoms. The van der Waals surface area contributed by atoms with Crippen molar-refractivity contribution in [1.82, 2.24) is 8.87 Å². The fourth-order valence-corrected chi connectivity index (χ4v) is 6.08. The summed E-state index contributed by atoms with van der Waals surface area (Å²) in [5.74, 6) is 1.64. The van der Waals surface area contributed by atoms with E-state index in [2.05, 4.69) is 4.57 Å². The second-order valence-corrected chi connectivity index (χ2v) is 11.9. The molecule has 3 aromatic rings. The topological polar surface area (TPSA) is 91.6 Å². The van der Waals surface area contributed by atoms with Gasteiger partial charge in [0.05, 0.1) is 50.3 Å². The minimum Gasteiger partial charge on any atom is -0.493 e. The SMILES string of the molecule is COc1cc(-c2csc(=Nc3cc(S(=O)(=O)N(C)C)ccc3C)n2C[C@H]2CCCO2)cc(OC)c1OC. The number of ether oxygens (including phenoxy) is 4. The number of aromatic nitrogens is 1. The van der Waals surface area contributed by atoms with Crippen molar-refractivity contribution >= 4 is 27.0 Å². The van der Waals surface area contributed by atoms with Gasteiger partial charge < -0.3 is 23.5 Å². The zero-order chi connectivity index (χ0) is 26.7. The van der Waals surface area contributed by atoms with Crippen LogP contribution in [0.2, 0.25) is 0 Å². The standard InChI is InChI=1S/C26H33N3O6S2/c1-17-9-10-20(37(30,31)28(2)3)14-21(17)27-26-29(15-19-8-7-11-35-19)22(16-36-26)18-12-23(32-4)25(34-6)24(13-18)33-5/h9-10,12-14,16,19H,7-8,11,15H2,1-6H3/t19-/m1/s1. The average molecular weight is 548 g/mol. The smallest absolute Gasteiger partial charge is 0.242 e. The molecule has 4 rings (SSSR count). The first kappa shape index (κ1) is 27.2. The summed E-state index contributed by atoms with van der Waals surface area (Å²) in [7, 11) is 4.21. The Bertz CT molecular complexity index is 1410. The van der Waals surface area contributed by atoms with Crippen LogP contribution in [-0.4, -0.2) is 65.4 Å². The largest absolute Gasteiger partial charge is 0.493 e. The molecule has 0 amide bonds. The van der Waals surface area contributed by atoms with E-state index in [0.29, 0.717) is 29.5 Å². The molecule has 1 saturated heterocycles. The fourth-order valence-electron chi connectivity index (χ4n) is 4.23. The zero-order valence-electron chi connectivity index (χ0n) is 22.0. The molecule has 2 heterocycles. The van der Waals surface area contributed by atoms with Gasteiger partial charge in [0.15, 0.2) is 16.3 Å². The highest BCUT2D eigenvalue weighted by Gasteiger charge is 2.22. The monoisotopic (exact) mass is 547 g/mol. The summed E-state index contributed by atoms with van der Waals surface area (Å²) in [5, 5.41) is 2.03. The summed E-state index contributed by atoms with van der Waals surface area (Å²) in [6.07, 6.45) is 2.05. The lowest BCUT2D eigenvalue weighted by molar-refractivity contribution is 0.0968. The molecule has 1 fully saturated rings. The molecule has 11 heteroatoms. The third-order valence-electron chi connectivity index (χ3n) is 6.34. The molecule has 0 spiro atoms. The van der Waals surface area contributed by atoms with Gasteiger partial charge >= 0.3 is 0 Å². The maximum absolute atomic E-state index is 12.7. The minimum absolute atomic E-state index is 0.0656. The number of benzene rings is 2. The number of hydrogen-bond donors (Lipinski definition) is 0. The summed E-state index contributed by atoms with van der Waals surface area (Å²) in [6, 6.07) is 8.84. The summed E-state index contributed by atoms with van der Waals surface area (Å²) in [6.45, 7) is 3.27. The molecule has 0 N–H and O–H groups in total. The van der Waals surface area contributed by atoms with Gasteiger partial charge in [0.1, 0.15) is 0 Å². The zero-order valence-corrected chi connectivity index (χ0v) is 23.6. The van der Waals surface area contributed by atoms with Crippen LogP contribution in [0.1, 0.15) is 18.4 Å². The minimum atomic E-state index is -3.59. The van der Waals surface area contributed by atoms with Gasteiger partial charge in [-0.15, -0.1) is 11.3 Å². The van der Waals surface area contributed by atoms with Gasteiger partial charge in [-0.05, 0) is 49.6 Å². The van der Waals surface area contributed by atoms with E-state index >= 15 is 0 Å². The van der Waals surface area contributed by atoms with Crippen LogP contribution in [0, 0.1) is 6.92 Å².